The van der Waals surface area contributed by atoms with Gasteiger partial charge in [0.2, 0.25) is 0 Å². The molecule has 0 fully saturated rings. The number of nitriles is 1. The van der Waals surface area contributed by atoms with Crippen LogP contribution in [0, 0.1) is 11.3 Å². The average Bonchev–Trinajstić information content (AvgIpc) is 2.49. The predicted molar refractivity (Wildman–Crippen MR) is 82.3 cm³/mol. The molecule has 20 heavy (non-hydrogen) atoms. The van der Waals surface area contributed by atoms with Crippen molar-refractivity contribution >= 4 is 0 Å². The van der Waals surface area contributed by atoms with E-state index in [0.29, 0.717) is 18.2 Å². The van der Waals surface area contributed by atoms with Gasteiger partial charge in [-0.05, 0) is 30.5 Å². The van der Waals surface area contributed by atoms with Crippen molar-refractivity contribution in [3.05, 3.63) is 35.4 Å². The van der Waals surface area contributed by atoms with E-state index in [0.717, 1.165) is 18.4 Å². The van der Waals surface area contributed by atoms with Crippen LogP contribution in [0.5, 0.6) is 0 Å². The molecule has 0 radical (unpaired) electrons. The summed E-state index contributed by atoms with van der Waals surface area (Å²) in [7, 11) is 0. The zero-order valence-electron chi connectivity index (χ0n) is 12.6. The van der Waals surface area contributed by atoms with Crippen molar-refractivity contribution < 1.29 is 5.11 Å². The Labute approximate surface area is 122 Å². The van der Waals surface area contributed by atoms with Gasteiger partial charge in [-0.1, -0.05) is 45.2 Å². The fourth-order valence-corrected chi connectivity index (χ4v) is 2.32. The molecule has 110 valence electrons. The number of hydrogen-bond donors (Lipinski definition) is 2. The summed E-state index contributed by atoms with van der Waals surface area (Å²) in [5, 5.41) is 22.4. The lowest BCUT2D eigenvalue weighted by Gasteiger charge is -2.20. The van der Waals surface area contributed by atoms with E-state index in [2.05, 4.69) is 25.2 Å². The molecule has 0 aliphatic rings. The molecule has 3 heteroatoms. The number of hydrogen-bond acceptors (Lipinski definition) is 3. The van der Waals surface area contributed by atoms with Gasteiger partial charge in [0, 0.05) is 12.6 Å². The van der Waals surface area contributed by atoms with E-state index >= 15 is 0 Å². The molecular formula is C17H26N2O. The molecule has 1 rings (SSSR count). The first-order valence-electron chi connectivity index (χ1n) is 7.62. The smallest absolute Gasteiger partial charge is 0.0991 e. The molecule has 1 aromatic rings. The third-order valence-electron chi connectivity index (χ3n) is 3.57. The van der Waals surface area contributed by atoms with Crippen LogP contribution in [0.15, 0.2) is 24.3 Å². The van der Waals surface area contributed by atoms with Crippen molar-refractivity contribution in [2.24, 2.45) is 0 Å². The van der Waals surface area contributed by atoms with E-state index in [4.69, 9.17) is 5.26 Å². The van der Waals surface area contributed by atoms with Crippen LogP contribution in [0.25, 0.3) is 0 Å². The first-order valence-corrected chi connectivity index (χ1v) is 7.62. The van der Waals surface area contributed by atoms with Gasteiger partial charge >= 0.3 is 0 Å². The molecular weight excluding hydrogens is 248 g/mol. The van der Waals surface area contributed by atoms with E-state index in [9.17, 15) is 5.11 Å². The maximum atomic E-state index is 10.2. The summed E-state index contributed by atoms with van der Waals surface area (Å²) in [5.74, 6) is 0. The number of unbranched alkanes of at least 4 members (excludes halogenated alkanes) is 1. The molecule has 0 aliphatic heterocycles. The van der Waals surface area contributed by atoms with Gasteiger partial charge in [-0.15, -0.1) is 0 Å². The van der Waals surface area contributed by atoms with Crippen molar-refractivity contribution in [2.45, 2.75) is 58.1 Å². The number of nitrogens with zero attached hydrogens (tertiary/aromatic N) is 1. The molecule has 0 aromatic heterocycles. The van der Waals surface area contributed by atoms with Gasteiger partial charge in [0.15, 0.2) is 0 Å². The standard InChI is InChI=1S/C17H26N2O/c1-3-5-7-16(6-4-2)19-13-17(20)15-10-8-14(12-18)9-11-15/h8-11,16-17,19-20H,3-7,13H2,1-2H3. The second-order valence-corrected chi connectivity index (χ2v) is 5.29. The number of rotatable bonds is 9. The molecule has 0 saturated heterocycles. The molecule has 1 aromatic carbocycles. The average molecular weight is 274 g/mol. The minimum Gasteiger partial charge on any atom is -0.387 e. The molecule has 0 saturated carbocycles. The number of aliphatic hydroxyl groups is 1. The Morgan fingerprint density at radius 2 is 1.85 bits per heavy atom. The zero-order chi connectivity index (χ0) is 14.8. The summed E-state index contributed by atoms with van der Waals surface area (Å²) < 4.78 is 0. The van der Waals surface area contributed by atoms with Crippen LogP contribution in [0.3, 0.4) is 0 Å². The van der Waals surface area contributed by atoms with Crippen LogP contribution in [-0.2, 0) is 0 Å². The molecule has 0 heterocycles. The van der Waals surface area contributed by atoms with Gasteiger partial charge in [0.25, 0.3) is 0 Å². The molecule has 0 amide bonds. The van der Waals surface area contributed by atoms with E-state index in [-0.39, 0.29) is 0 Å². The topological polar surface area (TPSA) is 56.0 Å². The first kappa shape index (κ1) is 16.7. The highest BCUT2D eigenvalue weighted by atomic mass is 16.3. The fourth-order valence-electron chi connectivity index (χ4n) is 2.32. The van der Waals surface area contributed by atoms with Gasteiger partial charge in [-0.2, -0.15) is 5.26 Å². The Morgan fingerprint density at radius 1 is 1.15 bits per heavy atom. The number of benzene rings is 1. The van der Waals surface area contributed by atoms with Crippen LogP contribution in [0.1, 0.15) is 63.2 Å². The summed E-state index contributed by atoms with van der Waals surface area (Å²) in [6.07, 6.45) is 5.41. The second kappa shape index (κ2) is 9.52. The highest BCUT2D eigenvalue weighted by Gasteiger charge is 2.11. The minimum atomic E-state index is -0.510. The lowest BCUT2D eigenvalue weighted by molar-refractivity contribution is 0.167. The molecule has 0 spiro atoms. The van der Waals surface area contributed by atoms with E-state index in [1.807, 2.05) is 12.1 Å². The molecule has 2 N–H and O–H groups in total. The molecule has 0 aliphatic carbocycles. The highest BCUT2D eigenvalue weighted by molar-refractivity contribution is 5.32. The molecule has 2 atom stereocenters. The lowest BCUT2D eigenvalue weighted by atomic mass is 10.0. The summed E-state index contributed by atoms with van der Waals surface area (Å²) in [6.45, 7) is 4.96. The third-order valence-corrected chi connectivity index (χ3v) is 3.57. The van der Waals surface area contributed by atoms with Crippen LogP contribution in [0.2, 0.25) is 0 Å². The minimum absolute atomic E-state index is 0.494. The molecule has 3 nitrogen and oxygen atoms in total. The lowest BCUT2D eigenvalue weighted by Crippen LogP contribution is -2.32. The SMILES string of the molecule is CCCCC(CCC)NCC(O)c1ccc(C#N)cc1. The van der Waals surface area contributed by atoms with Gasteiger partial charge in [0.1, 0.15) is 0 Å². The van der Waals surface area contributed by atoms with Crippen LogP contribution in [-0.4, -0.2) is 17.7 Å². The Kier molecular flexibility index (Phi) is 7.94. The summed E-state index contributed by atoms with van der Waals surface area (Å²) in [5.41, 5.74) is 1.49. The Hall–Kier alpha value is -1.37. The van der Waals surface area contributed by atoms with Crippen molar-refractivity contribution in [1.82, 2.24) is 5.32 Å². The predicted octanol–water partition coefficient (Wildman–Crippen LogP) is 3.54. The largest absolute Gasteiger partial charge is 0.387 e. The summed E-state index contributed by atoms with van der Waals surface area (Å²) in [4.78, 5) is 0. The molecule has 0 bridgehead atoms. The fraction of sp³-hybridized carbons (Fsp3) is 0.588. The van der Waals surface area contributed by atoms with E-state index in [1.165, 1.54) is 19.3 Å². The van der Waals surface area contributed by atoms with Gasteiger partial charge in [-0.25, -0.2) is 0 Å². The van der Waals surface area contributed by atoms with Crippen LogP contribution >= 0.6 is 0 Å². The maximum absolute atomic E-state index is 10.2. The third kappa shape index (κ3) is 5.73. The van der Waals surface area contributed by atoms with Crippen molar-refractivity contribution in [3.63, 3.8) is 0 Å². The van der Waals surface area contributed by atoms with Gasteiger partial charge in [0.05, 0.1) is 17.7 Å². The Morgan fingerprint density at radius 3 is 2.40 bits per heavy atom. The van der Waals surface area contributed by atoms with E-state index in [1.54, 1.807) is 12.1 Å². The van der Waals surface area contributed by atoms with Crippen LogP contribution < -0.4 is 5.32 Å². The normalized spacial score (nSPS) is 13.7. The quantitative estimate of drug-likeness (QED) is 0.724. The zero-order valence-corrected chi connectivity index (χ0v) is 12.6. The van der Waals surface area contributed by atoms with Gasteiger partial charge in [-0.3, -0.25) is 0 Å². The Bertz CT molecular complexity index is 408. The monoisotopic (exact) mass is 274 g/mol. The van der Waals surface area contributed by atoms with Crippen molar-refractivity contribution in [1.29, 1.82) is 5.26 Å². The van der Waals surface area contributed by atoms with Gasteiger partial charge < -0.3 is 10.4 Å². The Balaban J connectivity index is 2.46. The van der Waals surface area contributed by atoms with Crippen molar-refractivity contribution in [2.75, 3.05) is 6.54 Å². The number of aliphatic hydroxyl groups excluding tert-OH is 1. The second-order valence-electron chi connectivity index (χ2n) is 5.29. The maximum Gasteiger partial charge on any atom is 0.0991 e. The first-order chi connectivity index (χ1) is 9.71. The van der Waals surface area contributed by atoms with Crippen molar-refractivity contribution in [3.8, 4) is 6.07 Å². The van der Waals surface area contributed by atoms with Crippen LogP contribution in [0.4, 0.5) is 0 Å². The summed E-state index contributed by atoms with van der Waals surface area (Å²) >= 11 is 0. The van der Waals surface area contributed by atoms with E-state index < -0.39 is 6.10 Å². The summed E-state index contributed by atoms with van der Waals surface area (Å²) in [6, 6.07) is 9.73. The number of nitrogens with one attached hydrogen (secondary N) is 1. The molecule has 2 unspecified atom stereocenters. The highest BCUT2D eigenvalue weighted by Crippen LogP contribution is 2.14.